The first-order valence-corrected chi connectivity index (χ1v) is 8.26. The number of carbonyl (C=O) groups excluding carboxylic acids is 1. The standard InChI is InChI=1S/C13H16ClNO6S/c1-21-7-6-15(8-13(17)18)12(16)9-22(19,20)11-4-2-10(14)3-5-11/h2-5H,6-9H2,1H3,(H,17,18). The molecular formula is C13H16ClNO6S. The molecule has 0 atom stereocenters. The molecule has 0 heterocycles. The summed E-state index contributed by atoms with van der Waals surface area (Å²) in [7, 11) is -2.47. The SMILES string of the molecule is COCCN(CC(=O)O)C(=O)CS(=O)(=O)c1ccc(Cl)cc1. The largest absolute Gasteiger partial charge is 0.480 e. The van der Waals surface area contributed by atoms with Crippen LogP contribution in [0, 0.1) is 0 Å². The highest BCUT2D eigenvalue weighted by atomic mass is 35.5. The van der Waals surface area contributed by atoms with Crippen LogP contribution in [0.2, 0.25) is 5.02 Å². The van der Waals surface area contributed by atoms with Crippen molar-refractivity contribution in [3.63, 3.8) is 0 Å². The number of halogens is 1. The molecular weight excluding hydrogens is 334 g/mol. The highest BCUT2D eigenvalue weighted by molar-refractivity contribution is 7.92. The summed E-state index contributed by atoms with van der Waals surface area (Å²) < 4.78 is 29.1. The number of carbonyl (C=O) groups is 2. The third-order valence-electron chi connectivity index (χ3n) is 2.73. The second-order valence-electron chi connectivity index (χ2n) is 4.41. The fourth-order valence-corrected chi connectivity index (χ4v) is 2.99. The van der Waals surface area contributed by atoms with Crippen molar-refractivity contribution < 1.29 is 27.9 Å². The van der Waals surface area contributed by atoms with Crippen molar-refractivity contribution >= 4 is 33.3 Å². The van der Waals surface area contributed by atoms with Crippen LogP contribution in [0.3, 0.4) is 0 Å². The van der Waals surface area contributed by atoms with Gasteiger partial charge in [0.1, 0.15) is 12.3 Å². The summed E-state index contributed by atoms with van der Waals surface area (Å²) in [5.41, 5.74) is 0. The van der Waals surface area contributed by atoms with Gasteiger partial charge in [0.25, 0.3) is 0 Å². The van der Waals surface area contributed by atoms with E-state index >= 15 is 0 Å². The third-order valence-corrected chi connectivity index (χ3v) is 4.60. The van der Waals surface area contributed by atoms with Gasteiger partial charge in [0, 0.05) is 18.7 Å². The van der Waals surface area contributed by atoms with Gasteiger partial charge in [-0.15, -0.1) is 0 Å². The van der Waals surface area contributed by atoms with Crippen molar-refractivity contribution in [3.8, 4) is 0 Å². The molecule has 0 aromatic heterocycles. The quantitative estimate of drug-likeness (QED) is 0.740. The predicted octanol–water partition coefficient (Wildman–Crippen LogP) is 0.673. The van der Waals surface area contributed by atoms with Crippen LogP contribution in [0.15, 0.2) is 29.2 Å². The Morgan fingerprint density at radius 2 is 1.86 bits per heavy atom. The number of carboxylic acid groups (broad SMARTS) is 1. The maximum atomic E-state index is 12.1. The van der Waals surface area contributed by atoms with Crippen LogP contribution in [-0.2, 0) is 24.2 Å². The number of aliphatic carboxylic acids is 1. The van der Waals surface area contributed by atoms with E-state index in [4.69, 9.17) is 21.4 Å². The Kier molecular flexibility index (Phi) is 6.79. The number of sulfone groups is 1. The van der Waals surface area contributed by atoms with Crippen LogP contribution < -0.4 is 0 Å². The minimum atomic E-state index is -3.87. The molecule has 0 spiro atoms. The van der Waals surface area contributed by atoms with E-state index in [0.29, 0.717) is 5.02 Å². The number of nitrogens with zero attached hydrogens (tertiary/aromatic N) is 1. The Hall–Kier alpha value is -1.64. The Bertz CT molecular complexity index is 628. The Morgan fingerprint density at radius 1 is 1.27 bits per heavy atom. The normalized spacial score (nSPS) is 11.2. The molecule has 7 nitrogen and oxygen atoms in total. The lowest BCUT2D eigenvalue weighted by molar-refractivity contribution is -0.143. The van der Waals surface area contributed by atoms with Crippen LogP contribution in [-0.4, -0.2) is 62.9 Å². The molecule has 0 aliphatic rings. The first-order chi connectivity index (χ1) is 10.3. The maximum Gasteiger partial charge on any atom is 0.323 e. The van der Waals surface area contributed by atoms with Gasteiger partial charge in [0.2, 0.25) is 5.91 Å². The summed E-state index contributed by atoms with van der Waals surface area (Å²) in [6.45, 7) is -0.476. The van der Waals surface area contributed by atoms with Gasteiger partial charge >= 0.3 is 5.97 Å². The van der Waals surface area contributed by atoms with E-state index in [0.717, 1.165) is 4.90 Å². The minimum absolute atomic E-state index is 0.00221. The van der Waals surface area contributed by atoms with E-state index < -0.39 is 34.0 Å². The molecule has 0 aliphatic heterocycles. The van der Waals surface area contributed by atoms with E-state index in [9.17, 15) is 18.0 Å². The van der Waals surface area contributed by atoms with E-state index in [1.807, 2.05) is 0 Å². The Balaban J connectivity index is 2.86. The second-order valence-corrected chi connectivity index (χ2v) is 6.84. The fourth-order valence-electron chi connectivity index (χ4n) is 1.64. The molecule has 0 saturated carbocycles. The molecule has 1 N–H and O–H groups in total. The molecule has 1 aromatic rings. The van der Waals surface area contributed by atoms with Crippen molar-refractivity contribution in [2.75, 3.05) is 32.6 Å². The smallest absolute Gasteiger partial charge is 0.323 e. The van der Waals surface area contributed by atoms with Crippen molar-refractivity contribution in [2.24, 2.45) is 0 Å². The second kappa shape index (κ2) is 8.11. The van der Waals surface area contributed by atoms with Crippen LogP contribution in [0.5, 0.6) is 0 Å². The van der Waals surface area contributed by atoms with E-state index in [1.165, 1.54) is 31.4 Å². The summed E-state index contributed by atoms with van der Waals surface area (Å²) in [5, 5.41) is 9.15. The monoisotopic (exact) mass is 349 g/mol. The first kappa shape index (κ1) is 18.4. The van der Waals surface area contributed by atoms with Gasteiger partial charge in [-0.1, -0.05) is 11.6 Å². The number of amides is 1. The number of carboxylic acids is 1. The highest BCUT2D eigenvalue weighted by Crippen LogP contribution is 2.15. The zero-order valence-electron chi connectivity index (χ0n) is 11.9. The van der Waals surface area contributed by atoms with E-state index in [1.54, 1.807) is 0 Å². The lowest BCUT2D eigenvalue weighted by atomic mass is 10.4. The summed E-state index contributed by atoms with van der Waals surface area (Å²) in [4.78, 5) is 23.7. The average Bonchev–Trinajstić information content (AvgIpc) is 2.43. The van der Waals surface area contributed by atoms with Gasteiger partial charge in [-0.25, -0.2) is 8.42 Å². The van der Waals surface area contributed by atoms with Crippen molar-refractivity contribution in [3.05, 3.63) is 29.3 Å². The number of hydrogen-bond acceptors (Lipinski definition) is 5. The lowest BCUT2D eigenvalue weighted by Gasteiger charge is -2.20. The molecule has 0 unspecified atom stereocenters. The van der Waals surface area contributed by atoms with Crippen LogP contribution >= 0.6 is 11.6 Å². The number of rotatable bonds is 8. The molecule has 1 rings (SSSR count). The third kappa shape index (κ3) is 5.63. The molecule has 0 radical (unpaired) electrons. The molecule has 0 saturated heterocycles. The molecule has 122 valence electrons. The Labute approximate surface area is 133 Å². The van der Waals surface area contributed by atoms with Gasteiger partial charge in [-0.05, 0) is 24.3 Å². The van der Waals surface area contributed by atoms with Crippen LogP contribution in [0.4, 0.5) is 0 Å². The van der Waals surface area contributed by atoms with Crippen LogP contribution in [0.25, 0.3) is 0 Å². The minimum Gasteiger partial charge on any atom is -0.480 e. The molecule has 22 heavy (non-hydrogen) atoms. The molecule has 0 aliphatic carbocycles. The van der Waals surface area contributed by atoms with Gasteiger partial charge in [-0.2, -0.15) is 0 Å². The van der Waals surface area contributed by atoms with Crippen molar-refractivity contribution in [1.29, 1.82) is 0 Å². The zero-order valence-corrected chi connectivity index (χ0v) is 13.4. The average molecular weight is 350 g/mol. The van der Waals surface area contributed by atoms with Gasteiger partial charge < -0.3 is 14.7 Å². The van der Waals surface area contributed by atoms with Gasteiger partial charge in [-0.3, -0.25) is 9.59 Å². The number of methoxy groups -OCH3 is 1. The topological polar surface area (TPSA) is 101 Å². The van der Waals surface area contributed by atoms with Gasteiger partial charge in [0.15, 0.2) is 9.84 Å². The fraction of sp³-hybridized carbons (Fsp3) is 0.385. The van der Waals surface area contributed by atoms with E-state index in [2.05, 4.69) is 0 Å². The summed E-state index contributed by atoms with van der Waals surface area (Å²) in [5.74, 6) is -2.84. The number of hydrogen-bond donors (Lipinski definition) is 1. The van der Waals surface area contributed by atoms with Crippen LogP contribution in [0.1, 0.15) is 0 Å². The predicted molar refractivity (Wildman–Crippen MR) is 79.6 cm³/mol. The lowest BCUT2D eigenvalue weighted by Crippen LogP contribution is -2.41. The first-order valence-electron chi connectivity index (χ1n) is 6.23. The summed E-state index contributed by atoms with van der Waals surface area (Å²) >= 11 is 5.68. The summed E-state index contributed by atoms with van der Waals surface area (Å²) in [6.07, 6.45) is 0. The molecule has 9 heteroatoms. The van der Waals surface area contributed by atoms with Gasteiger partial charge in [0.05, 0.1) is 11.5 Å². The van der Waals surface area contributed by atoms with Crippen molar-refractivity contribution in [1.82, 2.24) is 4.90 Å². The molecule has 0 fully saturated rings. The number of ether oxygens (including phenoxy) is 1. The van der Waals surface area contributed by atoms with Crippen molar-refractivity contribution in [2.45, 2.75) is 4.90 Å². The molecule has 1 amide bonds. The molecule has 0 bridgehead atoms. The zero-order chi connectivity index (χ0) is 16.8. The van der Waals surface area contributed by atoms with E-state index in [-0.39, 0.29) is 18.0 Å². The number of benzene rings is 1. The Morgan fingerprint density at radius 3 is 2.36 bits per heavy atom. The summed E-state index contributed by atoms with van der Waals surface area (Å²) in [6, 6.07) is 5.39. The highest BCUT2D eigenvalue weighted by Gasteiger charge is 2.24. The molecule has 1 aromatic carbocycles. The maximum absolute atomic E-state index is 12.1.